The van der Waals surface area contributed by atoms with Crippen molar-refractivity contribution >= 4 is 63.7 Å². The Morgan fingerprint density at radius 2 is 1.53 bits per heavy atom. The molecule has 66 heavy (non-hydrogen) atoms. The van der Waals surface area contributed by atoms with Gasteiger partial charge in [0.2, 0.25) is 23.7 Å². The summed E-state index contributed by atoms with van der Waals surface area (Å²) >= 11 is 0. The smallest absolute Gasteiger partial charge is 0.276 e. The van der Waals surface area contributed by atoms with Crippen LogP contribution in [0.1, 0.15) is 70.5 Å². The highest BCUT2D eigenvalue weighted by Crippen LogP contribution is 2.31. The van der Waals surface area contributed by atoms with Gasteiger partial charge in [-0.05, 0) is 96.1 Å². The fourth-order valence-corrected chi connectivity index (χ4v) is 7.01. The summed E-state index contributed by atoms with van der Waals surface area (Å²) in [6, 6.07) is 10.3. The van der Waals surface area contributed by atoms with Crippen molar-refractivity contribution in [2.24, 2.45) is 27.9 Å². The quantitative estimate of drug-likeness (QED) is 0.0415. The van der Waals surface area contributed by atoms with Crippen LogP contribution in [-0.2, 0) is 29.2 Å². The van der Waals surface area contributed by atoms with Crippen LogP contribution >= 0.6 is 0 Å². The second-order valence-corrected chi connectivity index (χ2v) is 15.2. The molecule has 3 amide bonds. The number of hydrogen-bond acceptors (Lipinski definition) is 14. The number of primary amides is 2. The van der Waals surface area contributed by atoms with Gasteiger partial charge in [0.25, 0.3) is 5.91 Å². The van der Waals surface area contributed by atoms with Crippen LogP contribution in [0, 0.1) is 6.92 Å². The van der Waals surface area contributed by atoms with Gasteiger partial charge >= 0.3 is 0 Å². The Labute approximate surface area is 384 Å². The summed E-state index contributed by atoms with van der Waals surface area (Å²) in [5, 5.41) is 10.3. The SMILES string of the molecule is CCN=C(C=O)/C=C(/C)N.CCn1nc(C)cc1C(=O)Nc1nc2cc(C(N)=O)ccc2n1C/C=C/Cn1c(NC)nc2cc(C(N)=O)cc(OC)c21.COC/C=C\CN1CCC(N)CC1. The van der Waals surface area contributed by atoms with E-state index < -0.39 is 11.8 Å². The Hall–Kier alpha value is -7.16. The van der Waals surface area contributed by atoms with E-state index in [1.54, 1.807) is 68.2 Å². The molecule has 4 heterocycles. The number of rotatable bonds is 18. The second-order valence-electron chi connectivity index (χ2n) is 15.2. The first-order chi connectivity index (χ1) is 31.7. The Kier molecular flexibility index (Phi) is 19.8. The first kappa shape index (κ1) is 51.5. The first-order valence-corrected chi connectivity index (χ1v) is 21.6. The molecule has 5 aromatic rings. The number of fused-ring (bicyclic) bond motifs is 2. The molecule has 0 spiro atoms. The summed E-state index contributed by atoms with van der Waals surface area (Å²) in [7, 11) is 4.98. The standard InChI is InChI=1S/C29H32N10O4.C10H20N2O.C7H12N2O/c1-5-39-22(12-16(2)36-39)27(42)35-29-33-19-13-17(25(30)40)8-9-21(19)37(29)10-6-7-11-38-24-20(34-28(38)32-3)14-18(26(31)41)15-23(24)43-4;1-13-9-3-2-6-12-7-4-10(11)5-8-12;1-3-9-7(5-10)4-6(2)8/h6-9,12-15H,5,10-11H2,1-4H3,(H2,30,40)(H2,31,41)(H,32,34)(H,33,35,42);2-3,10H,4-9,11H2,1H3;4-5H,3,8H2,1-2H3/b7-6+;3-2-;6-4-,9-7?. The van der Waals surface area contributed by atoms with Crippen LogP contribution in [0.5, 0.6) is 5.75 Å². The van der Waals surface area contributed by atoms with Crippen molar-refractivity contribution in [1.29, 1.82) is 0 Å². The Morgan fingerprint density at radius 3 is 2.12 bits per heavy atom. The number of ether oxygens (including phenoxy) is 2. The molecule has 0 saturated carbocycles. The van der Waals surface area contributed by atoms with E-state index in [1.165, 1.54) is 7.11 Å². The number of nitrogens with zero attached hydrogens (tertiary/aromatic N) is 8. The zero-order valence-corrected chi connectivity index (χ0v) is 38.9. The van der Waals surface area contributed by atoms with Gasteiger partial charge in [0.1, 0.15) is 17.0 Å². The zero-order valence-electron chi connectivity index (χ0n) is 38.9. The highest BCUT2D eigenvalue weighted by molar-refractivity contribution is 6.33. The van der Waals surface area contributed by atoms with E-state index in [1.807, 2.05) is 42.1 Å². The largest absolute Gasteiger partial charge is 0.494 e. The molecule has 0 atom stereocenters. The molecule has 2 aromatic carbocycles. The molecule has 1 fully saturated rings. The molecular formula is C46H64N14O6. The van der Waals surface area contributed by atoms with Crippen LogP contribution in [-0.4, -0.2) is 124 Å². The topological polar surface area (TPSA) is 284 Å². The number of hydrogen-bond donors (Lipinski definition) is 6. The highest BCUT2D eigenvalue weighted by Gasteiger charge is 2.20. The van der Waals surface area contributed by atoms with Crippen molar-refractivity contribution < 1.29 is 28.7 Å². The maximum Gasteiger partial charge on any atom is 0.276 e. The third-order valence-electron chi connectivity index (χ3n) is 10.2. The molecule has 0 unspecified atom stereocenters. The summed E-state index contributed by atoms with van der Waals surface area (Å²) in [4.78, 5) is 62.5. The highest BCUT2D eigenvalue weighted by atomic mass is 16.5. The number of methoxy groups -OCH3 is 2. The molecule has 0 bridgehead atoms. The van der Waals surface area contributed by atoms with Crippen LogP contribution in [0.2, 0.25) is 0 Å². The molecule has 20 heteroatoms. The summed E-state index contributed by atoms with van der Waals surface area (Å²) in [6.07, 6.45) is 12.6. The molecule has 3 aromatic heterocycles. The number of aliphatic imine (C=N–C) groups is 1. The number of anilines is 2. The van der Waals surface area contributed by atoms with Crippen LogP contribution in [0.3, 0.4) is 0 Å². The lowest BCUT2D eigenvalue weighted by Gasteiger charge is -2.28. The van der Waals surface area contributed by atoms with Crippen molar-refractivity contribution in [3.05, 3.63) is 95.0 Å². The predicted molar refractivity (Wildman–Crippen MR) is 259 cm³/mol. The second kappa shape index (κ2) is 25.4. The average Bonchev–Trinajstić information content (AvgIpc) is 3.98. The van der Waals surface area contributed by atoms with Gasteiger partial charge in [-0.3, -0.25) is 39.1 Å². The van der Waals surface area contributed by atoms with Gasteiger partial charge in [-0.2, -0.15) is 5.10 Å². The number of likely N-dealkylation sites (tertiary alicyclic amines) is 1. The molecule has 0 aliphatic carbocycles. The molecular weight excluding hydrogens is 845 g/mol. The maximum absolute atomic E-state index is 13.2. The number of allylic oxidation sites excluding steroid dienone is 4. The third kappa shape index (κ3) is 14.2. The molecule has 6 rings (SSSR count). The zero-order chi connectivity index (χ0) is 48.3. The molecule has 354 valence electrons. The molecule has 1 aliphatic heterocycles. The van der Waals surface area contributed by atoms with Crippen LogP contribution < -0.4 is 38.3 Å². The number of carbonyl (C=O) groups excluding carboxylic acids is 4. The van der Waals surface area contributed by atoms with E-state index in [0.29, 0.717) is 113 Å². The molecule has 1 saturated heterocycles. The van der Waals surface area contributed by atoms with E-state index in [9.17, 15) is 19.2 Å². The number of nitrogens with one attached hydrogen (secondary N) is 2. The maximum atomic E-state index is 13.2. The number of imidazole rings is 2. The number of aldehydes is 1. The van der Waals surface area contributed by atoms with E-state index in [-0.39, 0.29) is 5.91 Å². The molecule has 1 aliphatic rings. The number of aryl methyl sites for hydroxylation is 2. The van der Waals surface area contributed by atoms with Gasteiger partial charge in [0, 0.05) is 69.7 Å². The van der Waals surface area contributed by atoms with E-state index in [2.05, 4.69) is 47.7 Å². The third-order valence-corrected chi connectivity index (χ3v) is 10.2. The van der Waals surface area contributed by atoms with Crippen molar-refractivity contribution in [2.45, 2.75) is 66.2 Å². The lowest BCUT2D eigenvalue weighted by molar-refractivity contribution is -0.102. The van der Waals surface area contributed by atoms with Gasteiger partial charge in [-0.25, -0.2) is 9.97 Å². The fraction of sp³-hybridized carbons (Fsp3) is 0.391. The summed E-state index contributed by atoms with van der Waals surface area (Å²) in [6.45, 7) is 13.2. The molecule has 0 radical (unpaired) electrons. The normalized spacial score (nSPS) is 13.7. The van der Waals surface area contributed by atoms with E-state index in [4.69, 9.17) is 32.4 Å². The van der Waals surface area contributed by atoms with E-state index >= 15 is 0 Å². The Balaban J connectivity index is 0.000000338. The monoisotopic (exact) mass is 909 g/mol. The van der Waals surface area contributed by atoms with Crippen molar-refractivity contribution in [2.75, 3.05) is 64.7 Å². The number of nitrogens with two attached hydrogens (primary N) is 4. The van der Waals surface area contributed by atoms with Crippen molar-refractivity contribution in [1.82, 2.24) is 33.8 Å². The van der Waals surface area contributed by atoms with Gasteiger partial charge in [-0.15, -0.1) is 0 Å². The van der Waals surface area contributed by atoms with Gasteiger partial charge in [0.15, 0.2) is 6.29 Å². The summed E-state index contributed by atoms with van der Waals surface area (Å²) in [5.74, 6) is -0.168. The lowest BCUT2D eigenvalue weighted by atomic mass is 10.1. The fourth-order valence-electron chi connectivity index (χ4n) is 7.01. The number of piperidine rings is 1. The molecule has 10 N–H and O–H groups in total. The minimum Gasteiger partial charge on any atom is -0.494 e. The van der Waals surface area contributed by atoms with Gasteiger partial charge in [-0.1, -0.05) is 24.3 Å². The summed E-state index contributed by atoms with van der Waals surface area (Å²) in [5.41, 5.74) is 27.3. The Bertz CT molecular complexity index is 2570. The van der Waals surface area contributed by atoms with Gasteiger partial charge in [0.05, 0.1) is 41.7 Å². The Morgan fingerprint density at radius 1 is 0.879 bits per heavy atom. The number of benzene rings is 2. The van der Waals surface area contributed by atoms with E-state index in [0.717, 1.165) is 38.2 Å². The van der Waals surface area contributed by atoms with Crippen molar-refractivity contribution in [3.63, 3.8) is 0 Å². The minimum absolute atomic E-state index is 0.297. The van der Waals surface area contributed by atoms with Crippen LogP contribution in [0.25, 0.3) is 22.1 Å². The van der Waals surface area contributed by atoms with Crippen molar-refractivity contribution in [3.8, 4) is 5.75 Å². The predicted octanol–water partition coefficient (Wildman–Crippen LogP) is 3.79. The number of amides is 3. The molecule has 20 nitrogen and oxygen atoms in total. The number of carbonyl (C=O) groups is 4. The minimum atomic E-state index is -0.576. The van der Waals surface area contributed by atoms with Crippen LogP contribution in [0.4, 0.5) is 11.9 Å². The average molecular weight is 909 g/mol. The lowest BCUT2D eigenvalue weighted by Crippen LogP contribution is -2.39. The number of aromatic nitrogens is 6. The van der Waals surface area contributed by atoms with Crippen LogP contribution in [0.15, 0.2) is 77.5 Å². The summed E-state index contributed by atoms with van der Waals surface area (Å²) < 4.78 is 15.8. The first-order valence-electron chi connectivity index (χ1n) is 21.6. The van der Waals surface area contributed by atoms with Gasteiger partial charge < -0.3 is 46.9 Å².